The fourth-order valence-corrected chi connectivity index (χ4v) is 0. The zero-order valence-corrected chi connectivity index (χ0v) is 13.7. The van der Waals surface area contributed by atoms with Crippen molar-refractivity contribution >= 4 is 69.8 Å². The maximum absolute atomic E-state index is 2.69. The number of halogens is 3. The molecule has 0 amide bonds. The Hall–Kier alpha value is 1.93. The predicted molar refractivity (Wildman–Crippen MR) is 72.5 cm³/mol. The number of rotatable bonds is 2. The van der Waals surface area contributed by atoms with Crippen LogP contribution in [0.15, 0.2) is 0 Å². The maximum atomic E-state index is 2.69. The van der Waals surface area contributed by atoms with Crippen molar-refractivity contribution in [1.29, 1.82) is 0 Å². The van der Waals surface area contributed by atoms with Crippen molar-refractivity contribution in [2.24, 2.45) is 11.8 Å². The first-order chi connectivity index (χ1) is 4.54. The van der Waals surface area contributed by atoms with Crippen LogP contribution in [0.5, 0.6) is 0 Å². The van der Waals surface area contributed by atoms with Gasteiger partial charge < -0.3 is 0 Å². The van der Waals surface area contributed by atoms with Gasteiger partial charge in [0.2, 0.25) is 0 Å². The molecule has 0 aromatic heterocycles. The minimum absolute atomic E-state index is 0. The van der Waals surface area contributed by atoms with Crippen LogP contribution in [0.2, 0.25) is 10.6 Å². The average molecular weight is 278 g/mol. The van der Waals surface area contributed by atoms with E-state index in [-0.39, 0.29) is 37.2 Å². The molecular weight excluding hydrogens is 256 g/mol. The van der Waals surface area contributed by atoms with Gasteiger partial charge in [-0.2, -0.15) is 0 Å². The van der Waals surface area contributed by atoms with Crippen LogP contribution in [0.4, 0.5) is 0 Å². The zero-order chi connectivity index (χ0) is 8.57. The molecule has 0 aromatic carbocycles. The van der Waals surface area contributed by atoms with Gasteiger partial charge in [-0.25, -0.2) is 0 Å². The summed E-state index contributed by atoms with van der Waals surface area (Å²) < 4.78 is 0. The molecule has 4 radical (unpaired) electrons. The van der Waals surface area contributed by atoms with Gasteiger partial charge in [-0.3, -0.25) is 0 Å². The molecule has 0 heterocycles. The number of hydrogen-bond acceptors (Lipinski definition) is 0. The molecule has 0 spiro atoms. The molecular formula is C8H21Al2Cl3. The van der Waals surface area contributed by atoms with Crippen LogP contribution in [-0.2, 0) is 0 Å². The molecule has 5 heteroatoms. The van der Waals surface area contributed by atoms with Gasteiger partial charge in [-0.1, -0.05) is 39.5 Å². The van der Waals surface area contributed by atoms with Gasteiger partial charge in [0.25, 0.3) is 0 Å². The van der Waals surface area contributed by atoms with Gasteiger partial charge in [0.1, 0.15) is 32.6 Å². The molecule has 0 aromatic rings. The van der Waals surface area contributed by atoms with E-state index in [1.165, 1.54) is 10.6 Å². The highest BCUT2D eigenvalue weighted by Gasteiger charge is 1.79. The Bertz CT molecular complexity index is 53.4. The van der Waals surface area contributed by atoms with E-state index in [0.717, 1.165) is 11.8 Å². The maximum Gasteiger partial charge on any atom is 0.118 e. The molecule has 13 heavy (non-hydrogen) atoms. The minimum atomic E-state index is 0. The molecule has 0 aliphatic carbocycles. The van der Waals surface area contributed by atoms with Gasteiger partial charge in [-0.15, -0.1) is 47.8 Å². The quantitative estimate of drug-likeness (QED) is 0.675. The topological polar surface area (TPSA) is 0 Å². The summed E-state index contributed by atoms with van der Waals surface area (Å²) in [7, 11) is 0. The molecule has 80 valence electrons. The van der Waals surface area contributed by atoms with Crippen molar-refractivity contribution < 1.29 is 0 Å². The van der Waals surface area contributed by atoms with Gasteiger partial charge in [0.15, 0.2) is 0 Å². The summed E-state index contributed by atoms with van der Waals surface area (Å²) in [5.41, 5.74) is 0. The summed E-state index contributed by atoms with van der Waals surface area (Å²) in [6.45, 7) is 8.81. The lowest BCUT2D eigenvalue weighted by Gasteiger charge is -1.91. The molecule has 0 saturated heterocycles. The van der Waals surface area contributed by atoms with E-state index in [1.807, 2.05) is 0 Å². The SMILES string of the molecule is CC(C)[CH2][Al].CC(C)[CH2][Al].Cl.Cl.Cl. The number of hydrogen-bond donors (Lipinski definition) is 0. The van der Waals surface area contributed by atoms with Crippen LogP contribution in [0.25, 0.3) is 0 Å². The molecule has 0 rings (SSSR count). The molecule has 0 bridgehead atoms. The molecule has 0 saturated carbocycles. The molecule has 0 fully saturated rings. The van der Waals surface area contributed by atoms with Crippen LogP contribution in [0.3, 0.4) is 0 Å². The third-order valence-electron chi connectivity index (χ3n) is 0.943. The summed E-state index contributed by atoms with van der Waals surface area (Å²) in [5, 5.41) is 2.44. The second-order valence-electron chi connectivity index (χ2n) is 3.26. The summed E-state index contributed by atoms with van der Waals surface area (Å²) in [6, 6.07) is 0. The van der Waals surface area contributed by atoms with Crippen LogP contribution < -0.4 is 0 Å². The fraction of sp³-hybridized carbons (Fsp3) is 1.00. The Kier molecular flexibility index (Phi) is 53.4. The van der Waals surface area contributed by atoms with Crippen LogP contribution >= 0.6 is 37.2 Å². The van der Waals surface area contributed by atoms with Crippen LogP contribution in [0, 0.1) is 11.8 Å². The summed E-state index contributed by atoms with van der Waals surface area (Å²) in [6.07, 6.45) is 0. The highest BCUT2D eigenvalue weighted by molar-refractivity contribution is 6.08. The summed E-state index contributed by atoms with van der Waals surface area (Å²) in [5.74, 6) is 1.69. The second kappa shape index (κ2) is 23.6. The van der Waals surface area contributed by atoms with E-state index in [1.54, 1.807) is 0 Å². The third-order valence-corrected chi connectivity index (χ3v) is 2.83. The normalized spacial score (nSPS) is 7.23. The lowest BCUT2D eigenvalue weighted by Crippen LogP contribution is -1.80. The van der Waals surface area contributed by atoms with Crippen molar-refractivity contribution in [3.05, 3.63) is 0 Å². The van der Waals surface area contributed by atoms with Crippen LogP contribution in [-0.4, -0.2) is 32.6 Å². The first-order valence-corrected chi connectivity index (χ1v) is 5.58. The van der Waals surface area contributed by atoms with E-state index in [0.29, 0.717) is 0 Å². The molecule has 0 unspecified atom stereocenters. The third kappa shape index (κ3) is 56.4. The van der Waals surface area contributed by atoms with Crippen molar-refractivity contribution in [3.8, 4) is 0 Å². The fourth-order valence-electron chi connectivity index (χ4n) is 0. The largest absolute Gasteiger partial charge is 0.147 e. The predicted octanol–water partition coefficient (Wildman–Crippen LogP) is 3.72. The van der Waals surface area contributed by atoms with E-state index in [2.05, 4.69) is 60.3 Å². The van der Waals surface area contributed by atoms with E-state index < -0.39 is 0 Å². The highest BCUT2D eigenvalue weighted by Crippen LogP contribution is 1.92. The first kappa shape index (κ1) is 29.4. The highest BCUT2D eigenvalue weighted by atomic mass is 35.5. The minimum Gasteiger partial charge on any atom is -0.147 e. The zero-order valence-electron chi connectivity index (χ0n) is 8.95. The Balaban J connectivity index is -0.0000000267. The van der Waals surface area contributed by atoms with E-state index in [4.69, 9.17) is 0 Å². The van der Waals surface area contributed by atoms with Gasteiger partial charge in [-0.05, 0) is 0 Å². The first-order valence-electron chi connectivity index (χ1n) is 3.94. The molecule has 0 N–H and O–H groups in total. The standard InChI is InChI=1S/2C4H9.2Al.3ClH/c2*1-4(2)3;;;;;/h2*4H,1H2,2-3H3;;;3*1H. The molecule has 0 aliphatic rings. The smallest absolute Gasteiger partial charge is 0.118 e. The van der Waals surface area contributed by atoms with Crippen LogP contribution in [0.1, 0.15) is 27.7 Å². The van der Waals surface area contributed by atoms with Gasteiger partial charge in [0.05, 0.1) is 0 Å². The average Bonchev–Trinajstić information content (AvgIpc) is 1.89. The van der Waals surface area contributed by atoms with E-state index in [9.17, 15) is 0 Å². The Labute approximate surface area is 119 Å². The Morgan fingerprint density at radius 3 is 0.769 bits per heavy atom. The van der Waals surface area contributed by atoms with Gasteiger partial charge in [0, 0.05) is 0 Å². The lowest BCUT2D eigenvalue weighted by molar-refractivity contribution is 0.735. The van der Waals surface area contributed by atoms with Crippen molar-refractivity contribution in [1.82, 2.24) is 0 Å². The van der Waals surface area contributed by atoms with Crippen molar-refractivity contribution in [2.75, 3.05) is 0 Å². The molecule has 0 nitrogen and oxygen atoms in total. The van der Waals surface area contributed by atoms with Crippen molar-refractivity contribution in [2.45, 2.75) is 38.3 Å². The lowest BCUT2D eigenvalue weighted by atomic mass is 10.3. The second-order valence-corrected chi connectivity index (χ2v) is 4.20. The van der Waals surface area contributed by atoms with Crippen molar-refractivity contribution in [3.63, 3.8) is 0 Å². The van der Waals surface area contributed by atoms with Gasteiger partial charge >= 0.3 is 0 Å². The summed E-state index contributed by atoms with van der Waals surface area (Å²) >= 11 is 5.39. The molecule has 0 atom stereocenters. The van der Waals surface area contributed by atoms with E-state index >= 15 is 0 Å². The Morgan fingerprint density at radius 2 is 0.769 bits per heavy atom. The monoisotopic (exact) mass is 276 g/mol. The summed E-state index contributed by atoms with van der Waals surface area (Å²) in [4.78, 5) is 0. The molecule has 0 aliphatic heterocycles. The Morgan fingerprint density at radius 1 is 0.692 bits per heavy atom.